The van der Waals surface area contributed by atoms with Crippen molar-refractivity contribution in [1.29, 1.82) is 0 Å². The molecular formula is C27H24BrCl2N5O4. The van der Waals surface area contributed by atoms with Gasteiger partial charge >= 0.3 is 5.97 Å². The van der Waals surface area contributed by atoms with E-state index in [1.807, 2.05) is 0 Å². The van der Waals surface area contributed by atoms with Crippen LogP contribution in [0.2, 0.25) is 10.0 Å². The first-order valence-corrected chi connectivity index (χ1v) is 13.9. The molecule has 5 rings (SSSR count). The summed E-state index contributed by atoms with van der Waals surface area (Å²) >= 11 is 15.6. The van der Waals surface area contributed by atoms with Crippen LogP contribution in [-0.2, 0) is 21.7 Å². The Bertz CT molecular complexity index is 1450. The third-order valence-corrected chi connectivity index (χ3v) is 8.75. The highest BCUT2D eigenvalue weighted by molar-refractivity contribution is 9.12. The number of hydrogen-bond donors (Lipinski definition) is 3. The summed E-state index contributed by atoms with van der Waals surface area (Å²) in [7, 11) is 0. The van der Waals surface area contributed by atoms with Crippen molar-refractivity contribution in [3.63, 3.8) is 0 Å². The number of carbonyl (C=O) groups excluding carboxylic acids is 2. The number of nitrogens with one attached hydrogen (secondary N) is 2. The number of rotatable bonds is 8. The fourth-order valence-corrected chi connectivity index (χ4v) is 6.74. The summed E-state index contributed by atoms with van der Waals surface area (Å²) in [5, 5.41) is 16.9. The molecule has 9 nitrogen and oxygen atoms in total. The second-order valence-corrected chi connectivity index (χ2v) is 11.3. The predicted octanol–water partition coefficient (Wildman–Crippen LogP) is 5.55. The van der Waals surface area contributed by atoms with Gasteiger partial charge in [0.2, 0.25) is 5.66 Å². The average molecular weight is 633 g/mol. The Balaban J connectivity index is 1.43. The zero-order valence-electron chi connectivity index (χ0n) is 20.6. The van der Waals surface area contributed by atoms with Gasteiger partial charge in [-0.25, -0.2) is 9.78 Å². The lowest BCUT2D eigenvalue weighted by Crippen LogP contribution is -2.61. The lowest BCUT2D eigenvalue weighted by atomic mass is 9.62. The van der Waals surface area contributed by atoms with E-state index < -0.39 is 23.0 Å². The Morgan fingerprint density at radius 3 is 2.33 bits per heavy atom. The number of anilines is 1. The van der Waals surface area contributed by atoms with E-state index in [1.54, 1.807) is 30.5 Å². The second kappa shape index (κ2) is 10.7. The Morgan fingerprint density at radius 1 is 1.08 bits per heavy atom. The maximum Gasteiger partial charge on any atom is 0.351 e. The second-order valence-electron chi connectivity index (χ2n) is 9.73. The molecule has 2 aromatic heterocycles. The molecule has 1 spiro atoms. The number of pyridine rings is 1. The van der Waals surface area contributed by atoms with Crippen LogP contribution in [0.5, 0.6) is 0 Å². The van der Waals surface area contributed by atoms with Crippen LogP contribution < -0.4 is 10.6 Å². The van der Waals surface area contributed by atoms with Crippen LogP contribution >= 0.6 is 39.1 Å². The molecule has 39 heavy (non-hydrogen) atoms. The van der Waals surface area contributed by atoms with E-state index in [1.165, 1.54) is 29.5 Å². The van der Waals surface area contributed by atoms with Crippen molar-refractivity contribution in [2.45, 2.75) is 44.2 Å². The Labute approximate surface area is 242 Å². The molecule has 1 aromatic carbocycles. The van der Waals surface area contributed by atoms with E-state index in [2.05, 4.69) is 36.5 Å². The molecule has 3 aromatic rings. The van der Waals surface area contributed by atoms with E-state index >= 15 is 0 Å². The molecule has 1 saturated carbocycles. The SMILES string of the molecule is O=C(Nc1ccc(C[C@@](NC2=C(Br)C(=O)C23CCCCC3)(C(=O)O)n2ccnc2)cc1)c1c(Cl)cncc1Cl. The molecule has 0 aliphatic heterocycles. The van der Waals surface area contributed by atoms with E-state index in [0.29, 0.717) is 34.3 Å². The number of aromatic nitrogens is 3. The Kier molecular flexibility index (Phi) is 7.54. The lowest BCUT2D eigenvalue weighted by molar-refractivity contribution is -0.150. The number of allylic oxidation sites excluding steroid dienone is 2. The largest absolute Gasteiger partial charge is 0.478 e. The highest BCUT2D eigenvalue weighted by atomic mass is 79.9. The van der Waals surface area contributed by atoms with Gasteiger partial charge < -0.3 is 20.3 Å². The smallest absolute Gasteiger partial charge is 0.351 e. The first-order valence-electron chi connectivity index (χ1n) is 12.3. The van der Waals surface area contributed by atoms with E-state index in [-0.39, 0.29) is 27.8 Å². The van der Waals surface area contributed by atoms with Gasteiger partial charge in [0.1, 0.15) is 0 Å². The van der Waals surface area contributed by atoms with Gasteiger partial charge in [-0.05, 0) is 46.5 Å². The first-order chi connectivity index (χ1) is 18.7. The number of benzene rings is 1. The van der Waals surface area contributed by atoms with Gasteiger partial charge in [-0.15, -0.1) is 0 Å². The molecule has 0 bridgehead atoms. The predicted molar refractivity (Wildman–Crippen MR) is 150 cm³/mol. The van der Waals surface area contributed by atoms with Crippen LogP contribution in [0, 0.1) is 5.41 Å². The van der Waals surface area contributed by atoms with Crippen molar-refractivity contribution >= 4 is 62.5 Å². The fourth-order valence-electron chi connectivity index (χ4n) is 5.35. The number of ketones is 1. The number of carbonyl (C=O) groups is 3. The summed E-state index contributed by atoms with van der Waals surface area (Å²) in [5.74, 6) is -1.61. The van der Waals surface area contributed by atoms with Crippen molar-refractivity contribution < 1.29 is 19.5 Å². The van der Waals surface area contributed by atoms with Crippen LogP contribution in [0.3, 0.4) is 0 Å². The molecule has 1 fully saturated rings. The highest BCUT2D eigenvalue weighted by Crippen LogP contribution is 2.54. The van der Waals surface area contributed by atoms with Gasteiger partial charge in [0, 0.05) is 42.6 Å². The van der Waals surface area contributed by atoms with Crippen molar-refractivity contribution in [2.75, 3.05) is 5.32 Å². The minimum absolute atomic E-state index is 0.0177. The quantitative estimate of drug-likeness (QED) is 0.297. The molecule has 202 valence electrons. The number of carboxylic acids is 1. The standard InChI is InChI=1S/C27H24BrCl2N5O4/c28-21-22(26(23(21)36)8-2-1-3-9-26)34-27(25(38)39,35-11-10-31-15-35)12-16-4-6-17(7-5-16)33-24(37)20-18(29)13-32-14-19(20)30/h4-7,10-11,13-15,34H,1-3,8-9,12H2,(H,33,37)(H,38,39)/t27-/m0/s1. The summed E-state index contributed by atoms with van der Waals surface area (Å²) in [6.07, 6.45) is 11.5. The summed E-state index contributed by atoms with van der Waals surface area (Å²) in [6, 6.07) is 6.80. The Hall–Kier alpha value is -3.21. The van der Waals surface area contributed by atoms with Crippen LogP contribution in [-0.4, -0.2) is 37.3 Å². The van der Waals surface area contributed by atoms with E-state index in [0.717, 1.165) is 19.3 Å². The topological polar surface area (TPSA) is 126 Å². The molecule has 2 aliphatic carbocycles. The molecule has 1 amide bonds. The number of amides is 1. The lowest BCUT2D eigenvalue weighted by Gasteiger charge is -2.48. The van der Waals surface area contributed by atoms with Crippen LogP contribution in [0.15, 0.2) is 65.6 Å². The van der Waals surface area contributed by atoms with Gasteiger partial charge in [-0.2, -0.15) is 0 Å². The number of Topliss-reactive ketones (excluding diaryl/α,β-unsaturated/α-hetero) is 1. The number of imidazole rings is 1. The minimum atomic E-state index is -1.65. The van der Waals surface area contributed by atoms with Crippen molar-refractivity contribution in [1.82, 2.24) is 19.9 Å². The average Bonchev–Trinajstić information content (AvgIpc) is 3.47. The molecule has 2 heterocycles. The number of aliphatic carboxylic acids is 1. The van der Waals surface area contributed by atoms with Gasteiger partial charge in [-0.3, -0.25) is 14.6 Å². The molecule has 3 N–H and O–H groups in total. The molecular weight excluding hydrogens is 609 g/mol. The van der Waals surface area contributed by atoms with Crippen molar-refractivity contribution in [3.05, 3.63) is 86.7 Å². The molecule has 0 unspecified atom stereocenters. The van der Waals surface area contributed by atoms with Crippen LogP contribution in [0.4, 0.5) is 5.69 Å². The fraction of sp³-hybridized carbons (Fsp3) is 0.296. The van der Waals surface area contributed by atoms with Gasteiger partial charge in [0.25, 0.3) is 5.91 Å². The van der Waals surface area contributed by atoms with Gasteiger partial charge in [-0.1, -0.05) is 54.6 Å². The third kappa shape index (κ3) is 4.85. The first kappa shape index (κ1) is 27.4. The Morgan fingerprint density at radius 2 is 1.74 bits per heavy atom. The molecule has 0 radical (unpaired) electrons. The molecule has 0 saturated heterocycles. The minimum Gasteiger partial charge on any atom is -0.478 e. The number of nitrogens with zero attached hydrogens (tertiary/aromatic N) is 3. The maximum absolute atomic E-state index is 13.0. The van der Waals surface area contributed by atoms with Crippen LogP contribution in [0.1, 0.15) is 48.0 Å². The molecule has 12 heteroatoms. The summed E-state index contributed by atoms with van der Waals surface area (Å²) in [4.78, 5) is 46.6. The highest BCUT2D eigenvalue weighted by Gasteiger charge is 2.56. The van der Waals surface area contributed by atoms with E-state index in [4.69, 9.17) is 23.2 Å². The number of hydrogen-bond acceptors (Lipinski definition) is 6. The molecule has 1 atom stereocenters. The summed E-state index contributed by atoms with van der Waals surface area (Å²) < 4.78 is 1.90. The van der Waals surface area contributed by atoms with Gasteiger partial charge in [0.05, 0.1) is 31.8 Å². The zero-order chi connectivity index (χ0) is 27.8. The summed E-state index contributed by atoms with van der Waals surface area (Å²) in [6.45, 7) is 0. The monoisotopic (exact) mass is 631 g/mol. The van der Waals surface area contributed by atoms with Crippen molar-refractivity contribution in [3.8, 4) is 0 Å². The normalized spacial score (nSPS) is 17.9. The van der Waals surface area contributed by atoms with E-state index in [9.17, 15) is 19.5 Å². The van der Waals surface area contributed by atoms with Gasteiger partial charge in [0.15, 0.2) is 5.78 Å². The van der Waals surface area contributed by atoms with Crippen LogP contribution in [0.25, 0.3) is 0 Å². The maximum atomic E-state index is 13.0. The number of carboxylic acid groups (broad SMARTS) is 1. The number of halogens is 3. The molecule has 2 aliphatic rings. The third-order valence-electron chi connectivity index (χ3n) is 7.42. The zero-order valence-corrected chi connectivity index (χ0v) is 23.7. The van der Waals surface area contributed by atoms with Crippen molar-refractivity contribution in [2.24, 2.45) is 5.41 Å². The summed E-state index contributed by atoms with van der Waals surface area (Å²) in [5.41, 5.74) is -0.464.